The number of amides is 1. The monoisotopic (exact) mass is 383 g/mol. The molecule has 1 aliphatic rings. The quantitative estimate of drug-likeness (QED) is 0.643. The number of likely N-dealkylation sites (tertiary alicyclic amines) is 1. The normalized spacial score (nSPS) is 16.9. The number of piperidine rings is 1. The molecule has 3 heterocycles. The minimum atomic E-state index is -0.145. The number of nitrogens with zero attached hydrogens (tertiary/aromatic N) is 5. The smallest absolute Gasteiger partial charge is 0.276 e. The lowest BCUT2D eigenvalue weighted by Crippen LogP contribution is -2.43. The Balaban J connectivity index is 1.34. The van der Waals surface area contributed by atoms with E-state index in [4.69, 9.17) is 14.0 Å². The van der Waals surface area contributed by atoms with Gasteiger partial charge in [-0.15, -0.1) is 0 Å². The van der Waals surface area contributed by atoms with Crippen LogP contribution in [0.25, 0.3) is 5.69 Å². The fourth-order valence-electron chi connectivity index (χ4n) is 3.15. The van der Waals surface area contributed by atoms with Gasteiger partial charge in [0.1, 0.15) is 25.0 Å². The second-order valence-corrected chi connectivity index (χ2v) is 6.55. The number of carbonyl (C=O) groups is 1. The zero-order valence-electron chi connectivity index (χ0n) is 15.5. The summed E-state index contributed by atoms with van der Waals surface area (Å²) in [5, 5.41) is 7.97. The van der Waals surface area contributed by atoms with E-state index >= 15 is 0 Å². The van der Waals surface area contributed by atoms with E-state index < -0.39 is 0 Å². The molecule has 1 aliphatic heterocycles. The topological polar surface area (TPSA) is 95.5 Å². The van der Waals surface area contributed by atoms with Crippen LogP contribution >= 0.6 is 0 Å². The number of rotatable bonds is 6. The fraction of sp³-hybridized carbons (Fsp3) is 0.368. The second-order valence-electron chi connectivity index (χ2n) is 6.55. The molecule has 9 heteroatoms. The summed E-state index contributed by atoms with van der Waals surface area (Å²) < 4.78 is 18.0. The van der Waals surface area contributed by atoms with Crippen molar-refractivity contribution in [3.05, 3.63) is 54.4 Å². The highest BCUT2D eigenvalue weighted by atomic mass is 16.5. The standard InChI is InChI=1S/C19H21N5O4/c1-26-16-3-2-8-23(10-16)19(25)18-9-17(28-22-18)11-27-15-6-4-14(5-7-15)24-13-20-12-21-24/h4-7,9,12-13,16H,2-3,8,10-11H2,1H3/t16-/m1/s1. The number of hydrogen-bond donors (Lipinski definition) is 0. The van der Waals surface area contributed by atoms with Crippen molar-refractivity contribution in [1.29, 1.82) is 0 Å². The van der Waals surface area contributed by atoms with Gasteiger partial charge in [-0.05, 0) is 37.1 Å². The molecule has 0 N–H and O–H groups in total. The van der Waals surface area contributed by atoms with Crippen molar-refractivity contribution in [1.82, 2.24) is 24.8 Å². The first-order valence-corrected chi connectivity index (χ1v) is 9.08. The molecule has 0 aliphatic carbocycles. The van der Waals surface area contributed by atoms with Crippen LogP contribution in [0, 0.1) is 0 Å². The number of benzene rings is 1. The average Bonchev–Trinajstić information content (AvgIpc) is 3.44. The van der Waals surface area contributed by atoms with Crippen LogP contribution in [0.15, 0.2) is 47.5 Å². The number of aromatic nitrogens is 4. The van der Waals surface area contributed by atoms with Gasteiger partial charge < -0.3 is 18.9 Å². The summed E-state index contributed by atoms with van der Waals surface area (Å²) in [7, 11) is 1.67. The van der Waals surface area contributed by atoms with Crippen LogP contribution in [0.2, 0.25) is 0 Å². The second kappa shape index (κ2) is 8.22. The molecule has 9 nitrogen and oxygen atoms in total. The number of ether oxygens (including phenoxy) is 2. The summed E-state index contributed by atoms with van der Waals surface area (Å²) in [5.74, 6) is 1.02. The molecule has 0 radical (unpaired) electrons. The molecule has 2 aromatic heterocycles. The zero-order valence-corrected chi connectivity index (χ0v) is 15.5. The Bertz CT molecular complexity index is 907. The highest BCUT2D eigenvalue weighted by Gasteiger charge is 2.26. The van der Waals surface area contributed by atoms with Crippen LogP contribution in [-0.4, -0.2) is 57.0 Å². The van der Waals surface area contributed by atoms with Crippen molar-refractivity contribution in [2.45, 2.75) is 25.6 Å². The Hall–Kier alpha value is -3.20. The van der Waals surface area contributed by atoms with Gasteiger partial charge >= 0.3 is 0 Å². The van der Waals surface area contributed by atoms with Gasteiger partial charge in [-0.3, -0.25) is 4.79 Å². The minimum absolute atomic E-state index is 0.0768. The molecular weight excluding hydrogens is 362 g/mol. The third-order valence-corrected chi connectivity index (χ3v) is 4.68. The molecule has 28 heavy (non-hydrogen) atoms. The number of methoxy groups -OCH3 is 1. The molecule has 1 atom stereocenters. The Kier molecular flexibility index (Phi) is 5.34. The Labute approximate surface area is 161 Å². The molecule has 1 amide bonds. The number of carbonyl (C=O) groups excluding carboxylic acids is 1. The highest BCUT2D eigenvalue weighted by Crippen LogP contribution is 2.18. The maximum atomic E-state index is 12.6. The lowest BCUT2D eigenvalue weighted by molar-refractivity contribution is 0.0263. The average molecular weight is 383 g/mol. The van der Waals surface area contributed by atoms with E-state index in [9.17, 15) is 4.79 Å². The van der Waals surface area contributed by atoms with Crippen molar-refractivity contribution in [2.75, 3.05) is 20.2 Å². The van der Waals surface area contributed by atoms with E-state index in [-0.39, 0.29) is 24.3 Å². The van der Waals surface area contributed by atoms with E-state index in [2.05, 4.69) is 15.2 Å². The summed E-state index contributed by atoms with van der Waals surface area (Å²) in [4.78, 5) is 18.3. The lowest BCUT2D eigenvalue weighted by atomic mass is 10.1. The van der Waals surface area contributed by atoms with Crippen molar-refractivity contribution in [3.63, 3.8) is 0 Å². The van der Waals surface area contributed by atoms with Crippen molar-refractivity contribution >= 4 is 5.91 Å². The molecule has 0 spiro atoms. The molecule has 3 aromatic rings. The third kappa shape index (κ3) is 4.04. The summed E-state index contributed by atoms with van der Waals surface area (Å²) in [6.45, 7) is 1.46. The van der Waals surface area contributed by atoms with Gasteiger partial charge in [0.2, 0.25) is 0 Å². The van der Waals surface area contributed by atoms with Crippen molar-refractivity contribution < 1.29 is 18.8 Å². The predicted molar refractivity (Wildman–Crippen MR) is 98.1 cm³/mol. The first-order chi connectivity index (χ1) is 13.7. The van der Waals surface area contributed by atoms with Crippen LogP contribution in [0.1, 0.15) is 29.1 Å². The fourth-order valence-corrected chi connectivity index (χ4v) is 3.15. The molecule has 146 valence electrons. The van der Waals surface area contributed by atoms with E-state index in [0.717, 1.165) is 18.5 Å². The molecule has 1 saturated heterocycles. The van der Waals surface area contributed by atoms with Crippen LogP contribution in [0.5, 0.6) is 5.75 Å². The lowest BCUT2D eigenvalue weighted by Gasteiger charge is -2.31. The Morgan fingerprint density at radius 2 is 2.18 bits per heavy atom. The van der Waals surface area contributed by atoms with Crippen LogP contribution in [0.4, 0.5) is 0 Å². The van der Waals surface area contributed by atoms with Gasteiger partial charge in [-0.2, -0.15) is 5.10 Å². The van der Waals surface area contributed by atoms with E-state index in [1.807, 2.05) is 24.3 Å². The van der Waals surface area contributed by atoms with Gasteiger partial charge in [0.05, 0.1) is 11.8 Å². The van der Waals surface area contributed by atoms with Crippen LogP contribution in [-0.2, 0) is 11.3 Å². The summed E-state index contributed by atoms with van der Waals surface area (Å²) in [5.41, 5.74) is 1.17. The van der Waals surface area contributed by atoms with Crippen molar-refractivity contribution in [2.24, 2.45) is 0 Å². The maximum absolute atomic E-state index is 12.6. The molecule has 0 saturated carbocycles. The van der Waals surface area contributed by atoms with E-state index in [1.165, 1.54) is 6.33 Å². The minimum Gasteiger partial charge on any atom is -0.486 e. The molecule has 0 bridgehead atoms. The first kappa shape index (κ1) is 18.2. The van der Waals surface area contributed by atoms with Gasteiger partial charge in [-0.25, -0.2) is 9.67 Å². The number of hydrogen-bond acceptors (Lipinski definition) is 7. The van der Waals surface area contributed by atoms with Gasteiger partial charge in [-0.1, -0.05) is 5.16 Å². The van der Waals surface area contributed by atoms with Crippen LogP contribution in [0.3, 0.4) is 0 Å². The van der Waals surface area contributed by atoms with E-state index in [1.54, 1.807) is 29.1 Å². The molecule has 1 aromatic carbocycles. The Morgan fingerprint density at radius 3 is 2.93 bits per heavy atom. The Morgan fingerprint density at radius 1 is 1.32 bits per heavy atom. The predicted octanol–water partition coefficient (Wildman–Crippen LogP) is 2.09. The summed E-state index contributed by atoms with van der Waals surface area (Å²) in [6.07, 6.45) is 5.07. The summed E-state index contributed by atoms with van der Waals surface area (Å²) in [6, 6.07) is 9.04. The molecular formula is C19H21N5O4. The van der Waals surface area contributed by atoms with Crippen molar-refractivity contribution in [3.8, 4) is 11.4 Å². The molecule has 4 rings (SSSR count). The third-order valence-electron chi connectivity index (χ3n) is 4.68. The molecule has 1 fully saturated rings. The largest absolute Gasteiger partial charge is 0.486 e. The highest BCUT2D eigenvalue weighted by molar-refractivity contribution is 5.92. The van der Waals surface area contributed by atoms with Gasteiger partial charge in [0, 0.05) is 26.3 Å². The zero-order chi connectivity index (χ0) is 19.3. The first-order valence-electron chi connectivity index (χ1n) is 9.08. The summed E-state index contributed by atoms with van der Waals surface area (Å²) >= 11 is 0. The van der Waals surface area contributed by atoms with Gasteiger partial charge in [0.25, 0.3) is 5.91 Å². The van der Waals surface area contributed by atoms with Crippen LogP contribution < -0.4 is 4.74 Å². The molecule has 0 unspecified atom stereocenters. The maximum Gasteiger partial charge on any atom is 0.276 e. The van der Waals surface area contributed by atoms with Gasteiger partial charge in [0.15, 0.2) is 11.5 Å². The SMILES string of the molecule is CO[C@@H]1CCCN(C(=O)c2cc(COc3ccc(-n4cncn4)cc3)on2)C1. The van der Waals surface area contributed by atoms with E-state index in [0.29, 0.717) is 24.6 Å².